The fraction of sp³-hybridized carbons (Fsp3) is 0. The van der Waals surface area contributed by atoms with Gasteiger partial charge in [0.05, 0.1) is 71.6 Å². The molecular weight excluding hydrogens is 725 g/mol. The van der Waals surface area contributed by atoms with E-state index in [-0.39, 0.29) is 4.90 Å². The topological polar surface area (TPSA) is 8.17 Å². The van der Waals surface area contributed by atoms with Gasteiger partial charge in [-0.3, -0.25) is 0 Å². The summed E-state index contributed by atoms with van der Waals surface area (Å²) in [6, 6.07) is -45.3. The molecule has 0 bridgehead atoms. The first-order valence-corrected chi connectivity index (χ1v) is 17.3. The molecule has 11 aromatic rings. The van der Waals surface area contributed by atoms with E-state index in [1.807, 2.05) is 0 Å². The first-order valence-electron chi connectivity index (χ1n) is 37.3. The van der Waals surface area contributed by atoms with Crippen molar-refractivity contribution in [3.8, 4) is 50.2 Å². The van der Waals surface area contributed by atoms with Gasteiger partial charge in [-0.25, -0.2) is 0 Å². The molecule has 0 aliphatic rings. The van der Waals surface area contributed by atoms with Crippen LogP contribution in [0.5, 0.6) is 0 Å². The third-order valence-electron chi connectivity index (χ3n) is 8.81. The first kappa shape index (κ1) is 13.0. The van der Waals surface area contributed by atoms with Crippen LogP contribution in [0.15, 0.2) is 242 Å². The number of rotatable bonds is 8. The number of hydrogen-bond donors (Lipinski definition) is 0. The quantitative estimate of drug-likeness (QED) is 0.149. The summed E-state index contributed by atoms with van der Waals surface area (Å²) < 4.78 is 363. The molecule has 0 spiro atoms. The van der Waals surface area contributed by atoms with Crippen molar-refractivity contribution < 1.29 is 54.8 Å². The van der Waals surface area contributed by atoms with Crippen LogP contribution in [-0.4, -0.2) is 4.57 Å². The number of para-hydroxylation sites is 1. The zero-order valence-corrected chi connectivity index (χ0v) is 29.9. The van der Waals surface area contributed by atoms with Crippen molar-refractivity contribution in [2.45, 2.75) is 0 Å². The monoisotopic (exact) mass is 805 g/mol. The lowest BCUT2D eigenvalue weighted by Gasteiger charge is -2.26. The highest BCUT2D eigenvalue weighted by Crippen LogP contribution is 2.40. The molecule has 10 aromatic carbocycles. The molecule has 0 aliphatic heterocycles. The Morgan fingerprint density at radius 2 is 0.683 bits per heavy atom. The molecule has 2 nitrogen and oxygen atoms in total. The second-order valence-electron chi connectivity index (χ2n) is 12.3. The van der Waals surface area contributed by atoms with Crippen molar-refractivity contribution in [3.63, 3.8) is 0 Å². The number of benzene rings is 10. The molecule has 0 atom stereocenters. The van der Waals surface area contributed by atoms with Crippen molar-refractivity contribution in [1.29, 1.82) is 0 Å². The van der Waals surface area contributed by atoms with E-state index in [0.717, 1.165) is 0 Å². The highest BCUT2D eigenvalue weighted by molar-refractivity contribution is 6.11. The minimum atomic E-state index is -1.45. The van der Waals surface area contributed by atoms with Gasteiger partial charge in [-0.05, 0) is 116 Å². The standard InChI is InChI=1S/C58H40N2/c1-3-13-41(14-4-1)43-25-32-50(33-26-43)59(51-34-27-44(28-35-51)48-20-11-19-47(39-48)42-15-5-2-6-16-42)52-36-29-45(30-37-52)49-31-38-58-55(40-49)54-22-9-10-23-57(54)60(58)56-24-12-18-46-17-7-8-21-53(46)56/h1-40H/i1D,2D,3D,4D,5D,6D,7D,8D,9D,10D,11D,12D,13D,14D,15D,16D,17D,18D,19D,20D,21D,22D,23D,24D,25D,26D,27D,28D,29D,30D,31D,32D,33D,34D,35D,36D,37D,38D,39D,40D. The Hall–Kier alpha value is -7.94. The maximum Gasteiger partial charge on any atom is 0.0645 e. The van der Waals surface area contributed by atoms with Crippen molar-refractivity contribution in [1.82, 2.24) is 4.57 Å². The van der Waals surface area contributed by atoms with Gasteiger partial charge in [0.25, 0.3) is 0 Å². The smallest absolute Gasteiger partial charge is 0.0645 e. The summed E-state index contributed by atoms with van der Waals surface area (Å²) in [5.74, 6) is 0. The van der Waals surface area contributed by atoms with E-state index in [9.17, 15) is 26.0 Å². The Balaban J connectivity index is 1.28. The van der Waals surface area contributed by atoms with Gasteiger partial charge in [0.2, 0.25) is 0 Å². The largest absolute Gasteiger partial charge is 0.311 e. The van der Waals surface area contributed by atoms with Crippen molar-refractivity contribution in [2.75, 3.05) is 4.90 Å². The van der Waals surface area contributed by atoms with E-state index in [1.165, 1.54) is 0 Å². The zero-order chi connectivity index (χ0) is 74.6. The van der Waals surface area contributed by atoms with Gasteiger partial charge < -0.3 is 9.47 Å². The normalized spacial score (nSPS) is 20.7. The fourth-order valence-electron chi connectivity index (χ4n) is 6.14. The van der Waals surface area contributed by atoms with Crippen LogP contribution in [0.25, 0.3) is 82.8 Å². The van der Waals surface area contributed by atoms with Gasteiger partial charge in [0, 0.05) is 33.2 Å². The zero-order valence-electron chi connectivity index (χ0n) is 69.9. The molecule has 1 aromatic heterocycles. The lowest BCUT2D eigenvalue weighted by atomic mass is 9.98. The Morgan fingerprint density at radius 1 is 0.283 bits per heavy atom. The number of anilines is 3. The molecule has 0 fully saturated rings. The Kier molecular flexibility index (Phi) is 3.28. The van der Waals surface area contributed by atoms with E-state index in [2.05, 4.69) is 0 Å². The molecule has 0 saturated heterocycles. The van der Waals surface area contributed by atoms with Crippen molar-refractivity contribution in [3.05, 3.63) is 242 Å². The van der Waals surface area contributed by atoms with E-state index in [4.69, 9.17) is 28.8 Å². The fourth-order valence-corrected chi connectivity index (χ4v) is 6.14. The van der Waals surface area contributed by atoms with Crippen LogP contribution in [0.3, 0.4) is 0 Å². The predicted molar refractivity (Wildman–Crippen MR) is 255 cm³/mol. The van der Waals surface area contributed by atoms with Gasteiger partial charge in [-0.15, -0.1) is 0 Å². The first-order chi connectivity index (χ1) is 46.4. The highest BCUT2D eigenvalue weighted by Gasteiger charge is 2.17. The predicted octanol–water partition coefficient (Wildman–Crippen LogP) is 16.1. The van der Waals surface area contributed by atoms with Crippen LogP contribution < -0.4 is 4.90 Å². The third-order valence-corrected chi connectivity index (χ3v) is 8.81. The van der Waals surface area contributed by atoms with Crippen LogP contribution >= 0.6 is 0 Å². The average molecular weight is 805 g/mol. The van der Waals surface area contributed by atoms with Crippen LogP contribution in [-0.2, 0) is 0 Å². The lowest BCUT2D eigenvalue weighted by Crippen LogP contribution is -2.09. The summed E-state index contributed by atoms with van der Waals surface area (Å²) in [6.45, 7) is 0. The summed E-state index contributed by atoms with van der Waals surface area (Å²) in [5.41, 5.74) is -14.3. The summed E-state index contributed by atoms with van der Waals surface area (Å²) in [6.07, 6.45) is 0. The second kappa shape index (κ2) is 15.1. The van der Waals surface area contributed by atoms with Gasteiger partial charge in [-0.1, -0.05) is 175 Å². The van der Waals surface area contributed by atoms with Crippen LogP contribution in [0, 0.1) is 0 Å². The minimum absolute atomic E-state index is 0.179. The molecule has 11 rings (SSSR count). The minimum Gasteiger partial charge on any atom is -0.311 e. The second-order valence-corrected chi connectivity index (χ2v) is 12.3. The van der Waals surface area contributed by atoms with E-state index in [1.54, 1.807) is 0 Å². The molecule has 0 saturated carbocycles. The molecule has 0 N–H and O–H groups in total. The highest BCUT2D eigenvalue weighted by atomic mass is 15.1. The van der Waals surface area contributed by atoms with Gasteiger partial charge in [-0.2, -0.15) is 0 Å². The molecule has 0 radical (unpaired) electrons. The molecule has 1 heterocycles. The van der Waals surface area contributed by atoms with Gasteiger partial charge in [0.15, 0.2) is 0 Å². The van der Waals surface area contributed by atoms with Crippen LogP contribution in [0.2, 0.25) is 0 Å². The molecule has 2 heteroatoms. The van der Waals surface area contributed by atoms with Crippen LogP contribution in [0.4, 0.5) is 17.1 Å². The maximum atomic E-state index is 9.92. The lowest BCUT2D eigenvalue weighted by molar-refractivity contribution is 1.20. The van der Waals surface area contributed by atoms with E-state index >= 15 is 0 Å². The Bertz CT molecular complexity index is 5530. The summed E-state index contributed by atoms with van der Waals surface area (Å²) in [5, 5.41) is -2.86. The number of fused-ring (bicyclic) bond motifs is 4. The van der Waals surface area contributed by atoms with E-state index < -0.39 is 342 Å². The molecular formula is C58H40N2. The Labute approximate surface area is 406 Å². The third kappa shape index (κ3) is 6.41. The summed E-state index contributed by atoms with van der Waals surface area (Å²) >= 11 is 0. The van der Waals surface area contributed by atoms with E-state index in [0.29, 0.717) is 4.57 Å². The van der Waals surface area contributed by atoms with Gasteiger partial charge in [0.1, 0.15) is 0 Å². The summed E-state index contributed by atoms with van der Waals surface area (Å²) in [7, 11) is 0. The number of aromatic nitrogens is 1. The molecule has 0 amide bonds. The molecule has 60 heavy (non-hydrogen) atoms. The SMILES string of the molecule is [2H]c1c([2H])c([2H])c(-c2c([2H])c([2H])c(N(c3c([2H])c([2H])c(-c4c([2H])c([2H])c([2H])c(-c5c([2H])c([2H])c([2H])c([2H])c5[2H])c4[2H])c([2H])c3[2H])c3c([2H])c([2H])c(-c4c([2H])c([2H])c5c(c4[2H])c4c([2H])c([2H])c([2H])c([2H])c4n5-c4c([2H])c([2H])c([2H])c5c([2H])c([2H])c([2H])c([2H])c45)c([2H])c3[2H])c([2H])c2[2H])c([2H])c1[2H]. The number of hydrogen-bond acceptors (Lipinski definition) is 1. The average Bonchev–Trinajstić information content (AvgIpc) is 1.46. The number of nitrogens with zero attached hydrogens (tertiary/aromatic N) is 2. The molecule has 282 valence electrons. The maximum absolute atomic E-state index is 9.92. The van der Waals surface area contributed by atoms with Crippen LogP contribution in [0.1, 0.15) is 54.8 Å². The van der Waals surface area contributed by atoms with Crippen molar-refractivity contribution in [2.24, 2.45) is 0 Å². The molecule has 0 aliphatic carbocycles. The Morgan fingerprint density at radius 3 is 1.30 bits per heavy atom. The van der Waals surface area contributed by atoms with Crippen molar-refractivity contribution >= 4 is 49.6 Å². The van der Waals surface area contributed by atoms with Gasteiger partial charge >= 0.3 is 0 Å². The summed E-state index contributed by atoms with van der Waals surface area (Å²) in [4.78, 5) is 0.179. The molecule has 0 unspecified atom stereocenters.